The fourth-order valence-electron chi connectivity index (χ4n) is 2.64. The monoisotopic (exact) mass is 258 g/mol. The summed E-state index contributed by atoms with van der Waals surface area (Å²) in [6.45, 7) is 7.97. The lowest BCUT2D eigenvalue weighted by atomic mass is 9.94. The van der Waals surface area contributed by atoms with E-state index in [4.69, 9.17) is 4.42 Å². The first-order valence-electron chi connectivity index (χ1n) is 7.09. The van der Waals surface area contributed by atoms with Crippen LogP contribution >= 0.6 is 0 Å². The van der Waals surface area contributed by atoms with Gasteiger partial charge in [0.15, 0.2) is 11.5 Å². The van der Waals surface area contributed by atoms with Gasteiger partial charge in [-0.2, -0.15) is 0 Å². The standard InChI is InChI=1S/C17H22O2/c1-5-13(6-2)9-14-7-8-15-11(3)17(12(4)18)19-16(15)10-14/h7-8,10,13H,5-6,9H2,1-4H3. The molecule has 0 aliphatic carbocycles. The normalized spacial score (nSPS) is 11.4. The van der Waals surface area contributed by atoms with Gasteiger partial charge in [-0.05, 0) is 30.9 Å². The Morgan fingerprint density at radius 3 is 2.53 bits per heavy atom. The summed E-state index contributed by atoms with van der Waals surface area (Å²) in [5, 5.41) is 1.05. The summed E-state index contributed by atoms with van der Waals surface area (Å²) < 4.78 is 5.70. The van der Waals surface area contributed by atoms with Crippen molar-refractivity contribution in [2.45, 2.75) is 47.0 Å². The van der Waals surface area contributed by atoms with E-state index < -0.39 is 0 Å². The summed E-state index contributed by atoms with van der Waals surface area (Å²) in [5.74, 6) is 1.21. The number of hydrogen-bond acceptors (Lipinski definition) is 2. The molecule has 0 saturated heterocycles. The van der Waals surface area contributed by atoms with Gasteiger partial charge >= 0.3 is 0 Å². The summed E-state index contributed by atoms with van der Waals surface area (Å²) in [7, 11) is 0. The smallest absolute Gasteiger partial charge is 0.195 e. The van der Waals surface area contributed by atoms with Gasteiger partial charge in [0.25, 0.3) is 0 Å². The molecule has 19 heavy (non-hydrogen) atoms. The molecule has 0 atom stereocenters. The van der Waals surface area contributed by atoms with Crippen LogP contribution < -0.4 is 0 Å². The van der Waals surface area contributed by atoms with Gasteiger partial charge in [-0.3, -0.25) is 4.79 Å². The van der Waals surface area contributed by atoms with E-state index >= 15 is 0 Å². The lowest BCUT2D eigenvalue weighted by Crippen LogP contribution is -2.01. The lowest BCUT2D eigenvalue weighted by molar-refractivity contribution is 0.0988. The molecule has 0 unspecified atom stereocenters. The van der Waals surface area contributed by atoms with E-state index in [1.165, 1.54) is 18.4 Å². The molecule has 2 aromatic rings. The van der Waals surface area contributed by atoms with Crippen molar-refractivity contribution < 1.29 is 9.21 Å². The third kappa shape index (κ3) is 2.73. The zero-order chi connectivity index (χ0) is 14.0. The van der Waals surface area contributed by atoms with E-state index in [0.29, 0.717) is 5.76 Å². The van der Waals surface area contributed by atoms with Gasteiger partial charge in [0, 0.05) is 17.9 Å². The number of furan rings is 1. The van der Waals surface area contributed by atoms with Gasteiger partial charge in [-0.25, -0.2) is 0 Å². The lowest BCUT2D eigenvalue weighted by Gasteiger charge is -2.11. The fraction of sp³-hybridized carbons (Fsp3) is 0.471. The van der Waals surface area contributed by atoms with Crippen LogP contribution in [0.4, 0.5) is 0 Å². The minimum Gasteiger partial charge on any atom is -0.453 e. The molecule has 1 aromatic carbocycles. The van der Waals surface area contributed by atoms with Crippen LogP contribution in [-0.2, 0) is 6.42 Å². The molecule has 2 rings (SSSR count). The zero-order valence-corrected chi connectivity index (χ0v) is 12.2. The molecule has 1 aromatic heterocycles. The third-order valence-electron chi connectivity index (χ3n) is 4.00. The number of fused-ring (bicyclic) bond motifs is 1. The first kappa shape index (κ1) is 13.9. The topological polar surface area (TPSA) is 30.2 Å². The SMILES string of the molecule is CCC(CC)Cc1ccc2c(C)c(C(C)=O)oc2c1. The fourth-order valence-corrected chi connectivity index (χ4v) is 2.64. The predicted molar refractivity (Wildman–Crippen MR) is 78.7 cm³/mol. The number of rotatable bonds is 5. The van der Waals surface area contributed by atoms with E-state index in [1.807, 2.05) is 6.92 Å². The number of hydrogen-bond donors (Lipinski definition) is 0. The highest BCUT2D eigenvalue weighted by Crippen LogP contribution is 2.27. The van der Waals surface area contributed by atoms with Crippen molar-refractivity contribution in [2.75, 3.05) is 0 Å². The number of carbonyl (C=O) groups is 1. The van der Waals surface area contributed by atoms with Gasteiger partial charge in [0.2, 0.25) is 0 Å². The van der Waals surface area contributed by atoms with E-state index in [2.05, 4.69) is 32.0 Å². The molecule has 0 fully saturated rings. The van der Waals surface area contributed by atoms with Crippen LogP contribution in [0.2, 0.25) is 0 Å². The van der Waals surface area contributed by atoms with Crippen LogP contribution in [0, 0.1) is 12.8 Å². The van der Waals surface area contributed by atoms with Crippen LogP contribution in [0.3, 0.4) is 0 Å². The van der Waals surface area contributed by atoms with Crippen molar-refractivity contribution in [3.05, 3.63) is 35.1 Å². The van der Waals surface area contributed by atoms with Gasteiger partial charge in [-0.1, -0.05) is 38.8 Å². The van der Waals surface area contributed by atoms with Crippen molar-refractivity contribution in [1.29, 1.82) is 0 Å². The van der Waals surface area contributed by atoms with Gasteiger partial charge in [0.05, 0.1) is 0 Å². The number of Topliss-reactive ketones (excluding diaryl/α,β-unsaturated/α-hetero) is 1. The van der Waals surface area contributed by atoms with Gasteiger partial charge in [-0.15, -0.1) is 0 Å². The van der Waals surface area contributed by atoms with Crippen molar-refractivity contribution in [3.8, 4) is 0 Å². The molecule has 0 spiro atoms. The second kappa shape index (κ2) is 5.60. The molecule has 0 amide bonds. The number of ketones is 1. The zero-order valence-electron chi connectivity index (χ0n) is 12.2. The highest BCUT2D eigenvalue weighted by molar-refractivity contribution is 5.98. The predicted octanol–water partition coefficient (Wildman–Crippen LogP) is 4.92. The molecule has 0 radical (unpaired) electrons. The van der Waals surface area contributed by atoms with Crippen molar-refractivity contribution >= 4 is 16.8 Å². The van der Waals surface area contributed by atoms with Crippen LogP contribution in [-0.4, -0.2) is 5.78 Å². The van der Waals surface area contributed by atoms with Crippen molar-refractivity contribution in [2.24, 2.45) is 5.92 Å². The molecule has 0 bridgehead atoms. The Labute approximate surface area is 114 Å². The molecule has 1 heterocycles. The molecule has 0 aliphatic heterocycles. The maximum absolute atomic E-state index is 11.5. The van der Waals surface area contributed by atoms with Gasteiger partial charge in [0.1, 0.15) is 5.58 Å². The maximum Gasteiger partial charge on any atom is 0.195 e. The number of aryl methyl sites for hydroxylation is 1. The minimum absolute atomic E-state index is 0.00440. The average molecular weight is 258 g/mol. The van der Waals surface area contributed by atoms with Crippen LogP contribution in [0.15, 0.2) is 22.6 Å². The van der Waals surface area contributed by atoms with Gasteiger partial charge < -0.3 is 4.42 Å². The Kier molecular flexibility index (Phi) is 4.08. The van der Waals surface area contributed by atoms with Crippen LogP contribution in [0.25, 0.3) is 11.0 Å². The third-order valence-corrected chi connectivity index (χ3v) is 4.00. The minimum atomic E-state index is -0.00440. The average Bonchev–Trinajstić information content (AvgIpc) is 2.73. The molecule has 0 saturated carbocycles. The molecule has 2 nitrogen and oxygen atoms in total. The summed E-state index contributed by atoms with van der Waals surface area (Å²) >= 11 is 0. The highest BCUT2D eigenvalue weighted by Gasteiger charge is 2.14. The first-order valence-corrected chi connectivity index (χ1v) is 7.09. The summed E-state index contributed by atoms with van der Waals surface area (Å²) in [6, 6.07) is 6.33. The van der Waals surface area contributed by atoms with E-state index in [1.54, 1.807) is 6.92 Å². The van der Waals surface area contributed by atoms with E-state index in [9.17, 15) is 4.79 Å². The Hall–Kier alpha value is -1.57. The van der Waals surface area contributed by atoms with Crippen molar-refractivity contribution in [1.82, 2.24) is 0 Å². The maximum atomic E-state index is 11.5. The molecule has 0 aliphatic rings. The molecule has 2 heteroatoms. The number of carbonyl (C=O) groups excluding carboxylic acids is 1. The Bertz CT molecular complexity index is 589. The second-order valence-corrected chi connectivity index (χ2v) is 5.33. The highest BCUT2D eigenvalue weighted by atomic mass is 16.3. The van der Waals surface area contributed by atoms with Crippen LogP contribution in [0.5, 0.6) is 0 Å². The van der Waals surface area contributed by atoms with Crippen LogP contribution in [0.1, 0.15) is 55.3 Å². The van der Waals surface area contributed by atoms with Crippen molar-refractivity contribution in [3.63, 3.8) is 0 Å². The largest absolute Gasteiger partial charge is 0.453 e. The van der Waals surface area contributed by atoms with E-state index in [-0.39, 0.29) is 5.78 Å². The molecular formula is C17H22O2. The molecule has 0 N–H and O–H groups in total. The first-order chi connectivity index (χ1) is 9.06. The number of benzene rings is 1. The summed E-state index contributed by atoms with van der Waals surface area (Å²) in [4.78, 5) is 11.5. The Morgan fingerprint density at radius 1 is 1.26 bits per heavy atom. The Balaban J connectivity index is 2.38. The summed E-state index contributed by atoms with van der Waals surface area (Å²) in [5.41, 5.74) is 3.09. The summed E-state index contributed by atoms with van der Waals surface area (Å²) in [6.07, 6.45) is 3.48. The molecular weight excluding hydrogens is 236 g/mol. The van der Waals surface area contributed by atoms with E-state index in [0.717, 1.165) is 28.9 Å². The second-order valence-electron chi connectivity index (χ2n) is 5.33. The molecule has 102 valence electrons. The quantitative estimate of drug-likeness (QED) is 0.712. The Morgan fingerprint density at radius 2 is 1.95 bits per heavy atom.